The zero-order chi connectivity index (χ0) is 11.1. The minimum absolute atomic E-state index is 0.0110. The van der Waals surface area contributed by atoms with Crippen molar-refractivity contribution in [2.75, 3.05) is 0 Å². The summed E-state index contributed by atoms with van der Waals surface area (Å²) in [6, 6.07) is 0. The summed E-state index contributed by atoms with van der Waals surface area (Å²) in [5.41, 5.74) is -0.875. The van der Waals surface area contributed by atoms with E-state index in [4.69, 9.17) is 0 Å². The maximum atomic E-state index is 10.6. The molecule has 0 aliphatic heterocycles. The van der Waals surface area contributed by atoms with Crippen molar-refractivity contribution in [2.45, 2.75) is 70.5 Å². The van der Waals surface area contributed by atoms with E-state index in [0.29, 0.717) is 5.92 Å². The van der Waals surface area contributed by atoms with Crippen LogP contribution in [-0.2, 0) is 0 Å². The number of hydrogen-bond donors (Lipinski definition) is 2. The first kappa shape index (κ1) is 11.4. The molecule has 88 valence electrons. The highest BCUT2D eigenvalue weighted by molar-refractivity contribution is 5.09. The van der Waals surface area contributed by atoms with Crippen molar-refractivity contribution in [1.82, 2.24) is 0 Å². The zero-order valence-corrected chi connectivity index (χ0v) is 10.00. The SMILES string of the molecule is CC1CC(O)C(C)(O)C12CCCCCC2. The monoisotopic (exact) mass is 212 g/mol. The van der Waals surface area contributed by atoms with Crippen molar-refractivity contribution < 1.29 is 10.2 Å². The molecule has 2 aliphatic carbocycles. The summed E-state index contributed by atoms with van der Waals surface area (Å²) in [5.74, 6) is 0.459. The van der Waals surface area contributed by atoms with Crippen LogP contribution in [-0.4, -0.2) is 21.9 Å². The third kappa shape index (κ3) is 1.53. The predicted octanol–water partition coefficient (Wildman–Crippen LogP) is 2.48. The van der Waals surface area contributed by atoms with Crippen LogP contribution in [0.25, 0.3) is 0 Å². The van der Waals surface area contributed by atoms with Crippen molar-refractivity contribution in [3.05, 3.63) is 0 Å². The van der Waals surface area contributed by atoms with E-state index in [1.165, 1.54) is 25.7 Å². The largest absolute Gasteiger partial charge is 0.390 e. The maximum absolute atomic E-state index is 10.6. The molecule has 2 saturated carbocycles. The molecule has 2 heteroatoms. The Labute approximate surface area is 92.7 Å². The summed E-state index contributed by atoms with van der Waals surface area (Å²) >= 11 is 0. The second-order valence-corrected chi connectivity index (χ2v) is 5.87. The molecule has 3 unspecified atom stereocenters. The molecule has 0 aromatic rings. The Balaban J connectivity index is 2.29. The molecule has 0 bridgehead atoms. The molecule has 2 nitrogen and oxygen atoms in total. The predicted molar refractivity (Wildman–Crippen MR) is 60.5 cm³/mol. The molecule has 15 heavy (non-hydrogen) atoms. The Morgan fingerprint density at radius 1 is 1.07 bits per heavy atom. The Bertz CT molecular complexity index is 227. The fraction of sp³-hybridized carbons (Fsp3) is 1.00. The minimum atomic E-state index is -0.864. The van der Waals surface area contributed by atoms with Gasteiger partial charge in [-0.2, -0.15) is 0 Å². The normalized spacial score (nSPS) is 45.6. The van der Waals surface area contributed by atoms with Gasteiger partial charge in [0, 0.05) is 5.41 Å². The highest BCUT2D eigenvalue weighted by atomic mass is 16.3. The van der Waals surface area contributed by atoms with Gasteiger partial charge in [-0.05, 0) is 32.1 Å². The van der Waals surface area contributed by atoms with Crippen LogP contribution in [0.5, 0.6) is 0 Å². The Morgan fingerprint density at radius 3 is 2.00 bits per heavy atom. The second kappa shape index (κ2) is 3.74. The van der Waals surface area contributed by atoms with Crippen molar-refractivity contribution >= 4 is 0 Å². The van der Waals surface area contributed by atoms with E-state index in [9.17, 15) is 10.2 Å². The summed E-state index contributed by atoms with van der Waals surface area (Å²) in [5, 5.41) is 20.6. The van der Waals surface area contributed by atoms with Crippen molar-refractivity contribution in [1.29, 1.82) is 0 Å². The van der Waals surface area contributed by atoms with Crippen LogP contribution in [0.4, 0.5) is 0 Å². The minimum Gasteiger partial charge on any atom is -0.390 e. The van der Waals surface area contributed by atoms with Crippen LogP contribution in [0.1, 0.15) is 58.8 Å². The van der Waals surface area contributed by atoms with E-state index in [2.05, 4.69) is 6.92 Å². The third-order valence-electron chi connectivity index (χ3n) is 5.17. The van der Waals surface area contributed by atoms with Gasteiger partial charge in [-0.1, -0.05) is 32.6 Å². The molecule has 0 heterocycles. The lowest BCUT2D eigenvalue weighted by Crippen LogP contribution is -2.49. The first-order valence-electron chi connectivity index (χ1n) is 6.41. The molecule has 0 aromatic heterocycles. The van der Waals surface area contributed by atoms with E-state index in [1.54, 1.807) is 0 Å². The van der Waals surface area contributed by atoms with Gasteiger partial charge in [-0.25, -0.2) is 0 Å². The average Bonchev–Trinajstić information content (AvgIpc) is 2.40. The molecule has 0 saturated heterocycles. The van der Waals surface area contributed by atoms with Gasteiger partial charge in [0.15, 0.2) is 0 Å². The molecule has 2 N–H and O–H groups in total. The van der Waals surface area contributed by atoms with Crippen LogP contribution in [0.3, 0.4) is 0 Å². The van der Waals surface area contributed by atoms with Crippen LogP contribution < -0.4 is 0 Å². The molecule has 0 aromatic carbocycles. The Hall–Kier alpha value is -0.0800. The van der Waals surface area contributed by atoms with Gasteiger partial charge in [-0.3, -0.25) is 0 Å². The summed E-state index contributed by atoms with van der Waals surface area (Å²) in [4.78, 5) is 0. The number of rotatable bonds is 0. The highest BCUT2D eigenvalue weighted by Crippen LogP contribution is 2.57. The van der Waals surface area contributed by atoms with Crippen LogP contribution in [0.2, 0.25) is 0 Å². The molecular formula is C13H24O2. The van der Waals surface area contributed by atoms with Gasteiger partial charge in [0.2, 0.25) is 0 Å². The van der Waals surface area contributed by atoms with E-state index in [0.717, 1.165) is 19.3 Å². The van der Waals surface area contributed by atoms with E-state index >= 15 is 0 Å². The zero-order valence-electron chi connectivity index (χ0n) is 10.00. The number of aliphatic hydroxyl groups is 2. The molecule has 2 rings (SSSR count). The van der Waals surface area contributed by atoms with Crippen LogP contribution in [0, 0.1) is 11.3 Å². The number of hydrogen-bond acceptors (Lipinski definition) is 2. The van der Waals surface area contributed by atoms with Gasteiger partial charge in [0.05, 0.1) is 11.7 Å². The standard InChI is InChI=1S/C13H24O2/c1-10-9-11(14)12(2,15)13(10)7-5-3-4-6-8-13/h10-11,14-15H,3-9H2,1-2H3. The highest BCUT2D eigenvalue weighted by Gasteiger charge is 2.59. The van der Waals surface area contributed by atoms with E-state index in [-0.39, 0.29) is 5.41 Å². The fourth-order valence-electron chi connectivity index (χ4n) is 3.98. The summed E-state index contributed by atoms with van der Waals surface area (Å²) in [6.07, 6.45) is 7.45. The van der Waals surface area contributed by atoms with Gasteiger partial charge in [-0.15, -0.1) is 0 Å². The average molecular weight is 212 g/mol. The molecule has 0 amide bonds. The number of aliphatic hydroxyl groups excluding tert-OH is 1. The first-order valence-corrected chi connectivity index (χ1v) is 6.41. The lowest BCUT2D eigenvalue weighted by atomic mass is 9.65. The lowest BCUT2D eigenvalue weighted by Gasteiger charge is -2.43. The molecular weight excluding hydrogens is 188 g/mol. The van der Waals surface area contributed by atoms with Gasteiger partial charge < -0.3 is 10.2 Å². The van der Waals surface area contributed by atoms with Crippen LogP contribution in [0.15, 0.2) is 0 Å². The van der Waals surface area contributed by atoms with E-state index in [1.807, 2.05) is 6.92 Å². The maximum Gasteiger partial charge on any atom is 0.0935 e. The van der Waals surface area contributed by atoms with E-state index < -0.39 is 11.7 Å². The third-order valence-corrected chi connectivity index (χ3v) is 5.17. The van der Waals surface area contributed by atoms with Crippen LogP contribution >= 0.6 is 0 Å². The topological polar surface area (TPSA) is 40.5 Å². The fourth-order valence-corrected chi connectivity index (χ4v) is 3.98. The van der Waals surface area contributed by atoms with Crippen molar-refractivity contribution in [3.8, 4) is 0 Å². The second-order valence-electron chi connectivity index (χ2n) is 5.87. The van der Waals surface area contributed by atoms with Gasteiger partial charge in [0.25, 0.3) is 0 Å². The Kier molecular flexibility index (Phi) is 2.85. The summed E-state index contributed by atoms with van der Waals surface area (Å²) in [6.45, 7) is 4.06. The smallest absolute Gasteiger partial charge is 0.0935 e. The van der Waals surface area contributed by atoms with Gasteiger partial charge >= 0.3 is 0 Å². The molecule has 2 fully saturated rings. The quantitative estimate of drug-likeness (QED) is 0.647. The van der Waals surface area contributed by atoms with Crippen molar-refractivity contribution in [2.24, 2.45) is 11.3 Å². The van der Waals surface area contributed by atoms with Gasteiger partial charge in [0.1, 0.15) is 0 Å². The molecule has 2 aliphatic rings. The summed E-state index contributed by atoms with van der Waals surface area (Å²) in [7, 11) is 0. The molecule has 1 spiro atoms. The molecule has 0 radical (unpaired) electrons. The van der Waals surface area contributed by atoms with Crippen molar-refractivity contribution in [3.63, 3.8) is 0 Å². The lowest BCUT2D eigenvalue weighted by molar-refractivity contribution is -0.122. The molecule has 3 atom stereocenters. The Morgan fingerprint density at radius 2 is 1.60 bits per heavy atom. The first-order chi connectivity index (χ1) is 7.01. The summed E-state index contributed by atoms with van der Waals surface area (Å²) < 4.78 is 0.